The number of rotatable bonds is 13. The van der Waals surface area contributed by atoms with Crippen LogP contribution in [-0.2, 0) is 36.4 Å². The Kier molecular flexibility index (Phi) is 11.9. The molecule has 0 saturated carbocycles. The summed E-state index contributed by atoms with van der Waals surface area (Å²) in [7, 11) is -6.26. The fourth-order valence-corrected chi connectivity index (χ4v) is 11.0. The lowest BCUT2D eigenvalue weighted by Gasteiger charge is -2.29. The molecule has 0 amide bonds. The van der Waals surface area contributed by atoms with Crippen molar-refractivity contribution in [2.75, 3.05) is 7.11 Å². The zero-order valence-electron chi connectivity index (χ0n) is 31.6. The van der Waals surface area contributed by atoms with Crippen molar-refractivity contribution < 1.29 is 26.3 Å². The van der Waals surface area contributed by atoms with Gasteiger partial charge in [0, 0.05) is 25.1 Å². The molecule has 0 fully saturated rings. The zero-order chi connectivity index (χ0) is 39.4. The van der Waals surface area contributed by atoms with Gasteiger partial charge >= 0.3 is 0 Å². The molecule has 10 heteroatoms. The third kappa shape index (κ3) is 9.67. The molecule has 0 saturated heterocycles. The minimum absolute atomic E-state index is 0.0894. The first-order valence-corrected chi connectivity index (χ1v) is 22.5. The summed E-state index contributed by atoms with van der Waals surface area (Å²) in [6, 6.07) is 43.9. The van der Waals surface area contributed by atoms with Crippen LogP contribution in [0, 0.1) is 0 Å². The molecule has 0 unspecified atom stereocenters. The average Bonchev–Trinajstić information content (AvgIpc) is 3.16. The molecule has 0 atom stereocenters. The van der Waals surface area contributed by atoms with Crippen LogP contribution in [0.3, 0.4) is 0 Å². The fraction of sp³-hybridized carbons (Fsp3) is 0.200. The molecule has 6 rings (SSSR count). The second-order valence-electron chi connectivity index (χ2n) is 14.6. The van der Waals surface area contributed by atoms with Crippen molar-refractivity contribution in [3.63, 3.8) is 0 Å². The van der Waals surface area contributed by atoms with E-state index in [4.69, 9.17) is 9.47 Å². The molecule has 55 heavy (non-hydrogen) atoms. The maximum atomic E-state index is 14.6. The van der Waals surface area contributed by atoms with Crippen molar-refractivity contribution in [2.24, 2.45) is 0 Å². The Labute approximate surface area is 334 Å². The SMILES string of the molecule is COc1ccc(C(C)(C)Oc2ccc(S(=O)(=O)c3ccc(C(C)(C)C)cc3)cc2)c(S(=O)(=O)Cc2cc(Sc3ccccc3)ccc2Sc2ccccc2)c1. The van der Waals surface area contributed by atoms with Crippen LogP contribution in [0.1, 0.15) is 51.3 Å². The largest absolute Gasteiger partial charge is 0.497 e. The highest BCUT2D eigenvalue weighted by Crippen LogP contribution is 2.40. The van der Waals surface area contributed by atoms with Crippen LogP contribution in [0.2, 0.25) is 0 Å². The van der Waals surface area contributed by atoms with Gasteiger partial charge in [-0.2, -0.15) is 0 Å². The Morgan fingerprint density at radius 3 is 1.67 bits per heavy atom. The second-order valence-corrected chi connectivity index (χ2v) is 20.8. The monoisotopic (exact) mass is 808 g/mol. The summed E-state index contributed by atoms with van der Waals surface area (Å²) in [5.41, 5.74) is 0.904. The van der Waals surface area contributed by atoms with E-state index in [1.165, 1.54) is 31.0 Å². The summed E-state index contributed by atoms with van der Waals surface area (Å²) in [5.74, 6) is 0.527. The number of hydrogen-bond donors (Lipinski definition) is 0. The van der Waals surface area contributed by atoms with Gasteiger partial charge in [-0.3, -0.25) is 0 Å². The van der Waals surface area contributed by atoms with Gasteiger partial charge < -0.3 is 9.47 Å². The van der Waals surface area contributed by atoms with Crippen LogP contribution in [0.25, 0.3) is 0 Å². The highest BCUT2D eigenvalue weighted by atomic mass is 32.2. The standard InChI is InChI=1S/C45H44O6S4/c1-44(2,3)33-17-23-39(24-18-33)55(48,49)40-25-19-34(20-26-40)51-45(4,5)41-27-21-35(50-6)30-43(41)54(46,47)31-32-29-38(52-36-13-9-7-10-14-36)22-28-42(32)53-37-15-11-8-12-16-37/h7-30H,31H2,1-6H3. The first kappa shape index (κ1) is 40.2. The Bertz CT molecular complexity index is 2470. The van der Waals surface area contributed by atoms with Crippen molar-refractivity contribution in [3.05, 3.63) is 162 Å². The van der Waals surface area contributed by atoms with E-state index in [0.717, 1.165) is 25.1 Å². The maximum Gasteiger partial charge on any atom is 0.206 e. The summed E-state index contributed by atoms with van der Waals surface area (Å²) >= 11 is 3.09. The normalized spacial score (nSPS) is 12.3. The number of methoxy groups -OCH3 is 1. The summed E-state index contributed by atoms with van der Waals surface area (Å²) in [5, 5.41) is 0. The Morgan fingerprint density at radius 1 is 0.564 bits per heavy atom. The predicted molar refractivity (Wildman–Crippen MR) is 222 cm³/mol. The van der Waals surface area contributed by atoms with Gasteiger partial charge in [-0.25, -0.2) is 16.8 Å². The van der Waals surface area contributed by atoms with Crippen molar-refractivity contribution in [2.45, 2.75) is 85.7 Å². The Hall–Kier alpha value is -4.48. The molecule has 0 aliphatic heterocycles. The molecule has 0 spiro atoms. The molecule has 0 bridgehead atoms. The molecule has 0 radical (unpaired) electrons. The van der Waals surface area contributed by atoms with Crippen molar-refractivity contribution in [3.8, 4) is 11.5 Å². The summed E-state index contributed by atoms with van der Waals surface area (Å²) in [6.45, 7) is 9.82. The number of hydrogen-bond acceptors (Lipinski definition) is 8. The van der Waals surface area contributed by atoms with Crippen LogP contribution >= 0.6 is 23.5 Å². The molecule has 0 aliphatic rings. The van der Waals surface area contributed by atoms with Crippen molar-refractivity contribution >= 4 is 43.2 Å². The minimum atomic E-state index is -3.99. The topological polar surface area (TPSA) is 86.7 Å². The van der Waals surface area contributed by atoms with E-state index in [1.807, 2.05) is 91.0 Å². The molecule has 0 aromatic heterocycles. The van der Waals surface area contributed by atoms with Crippen LogP contribution in [0.4, 0.5) is 0 Å². The highest BCUT2D eigenvalue weighted by Gasteiger charge is 2.32. The van der Waals surface area contributed by atoms with E-state index in [0.29, 0.717) is 22.6 Å². The summed E-state index contributed by atoms with van der Waals surface area (Å²) < 4.78 is 68.2. The van der Waals surface area contributed by atoms with Gasteiger partial charge in [-0.05, 0) is 121 Å². The van der Waals surface area contributed by atoms with Gasteiger partial charge in [-0.1, -0.05) is 98.9 Å². The van der Waals surface area contributed by atoms with Gasteiger partial charge in [0.05, 0.1) is 27.5 Å². The number of benzene rings is 6. The second kappa shape index (κ2) is 16.3. The molecular formula is C45H44O6S4. The number of ether oxygens (including phenoxy) is 2. The van der Waals surface area contributed by atoms with E-state index in [9.17, 15) is 16.8 Å². The van der Waals surface area contributed by atoms with E-state index in [2.05, 4.69) is 20.8 Å². The Balaban J connectivity index is 1.30. The first-order valence-electron chi connectivity index (χ1n) is 17.7. The van der Waals surface area contributed by atoms with Gasteiger partial charge in [0.2, 0.25) is 9.84 Å². The van der Waals surface area contributed by atoms with Crippen LogP contribution < -0.4 is 9.47 Å². The maximum absolute atomic E-state index is 14.6. The summed E-state index contributed by atoms with van der Waals surface area (Å²) in [4.78, 5) is 4.24. The lowest BCUT2D eigenvalue weighted by atomic mass is 9.87. The number of sulfone groups is 2. The van der Waals surface area contributed by atoms with Gasteiger partial charge in [0.25, 0.3) is 0 Å². The minimum Gasteiger partial charge on any atom is -0.497 e. The molecular weight excluding hydrogens is 765 g/mol. The third-order valence-electron chi connectivity index (χ3n) is 9.04. The van der Waals surface area contributed by atoms with Gasteiger partial charge in [0.1, 0.15) is 17.1 Å². The quantitative estimate of drug-likeness (QED) is 0.114. The van der Waals surface area contributed by atoms with Crippen LogP contribution in [0.15, 0.2) is 180 Å². The van der Waals surface area contributed by atoms with Gasteiger partial charge in [-0.15, -0.1) is 0 Å². The lowest BCUT2D eigenvalue weighted by Crippen LogP contribution is -2.28. The zero-order valence-corrected chi connectivity index (χ0v) is 34.9. The fourth-order valence-electron chi connectivity index (χ4n) is 6.05. The molecule has 0 N–H and O–H groups in total. The van der Waals surface area contributed by atoms with Crippen LogP contribution in [0.5, 0.6) is 11.5 Å². The van der Waals surface area contributed by atoms with E-state index >= 15 is 0 Å². The molecule has 0 heterocycles. The van der Waals surface area contributed by atoms with E-state index in [-0.39, 0.29) is 25.9 Å². The lowest BCUT2D eigenvalue weighted by molar-refractivity contribution is 0.105. The smallest absolute Gasteiger partial charge is 0.206 e. The van der Waals surface area contributed by atoms with E-state index in [1.54, 1.807) is 68.1 Å². The highest BCUT2D eigenvalue weighted by molar-refractivity contribution is 8.00. The van der Waals surface area contributed by atoms with Gasteiger partial charge in [0.15, 0.2) is 9.84 Å². The van der Waals surface area contributed by atoms with Crippen molar-refractivity contribution in [1.29, 1.82) is 0 Å². The van der Waals surface area contributed by atoms with Crippen LogP contribution in [-0.4, -0.2) is 23.9 Å². The first-order chi connectivity index (χ1) is 26.0. The molecule has 0 aliphatic carbocycles. The predicted octanol–water partition coefficient (Wildman–Crippen LogP) is 11.4. The summed E-state index contributed by atoms with van der Waals surface area (Å²) in [6.07, 6.45) is 0. The Morgan fingerprint density at radius 2 is 1.11 bits per heavy atom. The molecule has 6 aromatic rings. The molecule has 6 nitrogen and oxygen atoms in total. The third-order valence-corrected chi connectivity index (χ3v) is 14.6. The molecule has 284 valence electrons. The molecule has 6 aromatic carbocycles. The average molecular weight is 809 g/mol. The van der Waals surface area contributed by atoms with Crippen molar-refractivity contribution in [1.82, 2.24) is 0 Å². The van der Waals surface area contributed by atoms with E-state index < -0.39 is 25.3 Å².